The third-order valence-electron chi connectivity index (χ3n) is 5.31. The van der Waals surface area contributed by atoms with Gasteiger partial charge in [-0.2, -0.15) is 0 Å². The Morgan fingerprint density at radius 3 is 2.30 bits per heavy atom. The summed E-state index contributed by atoms with van der Waals surface area (Å²) in [5, 5.41) is 3.13. The van der Waals surface area contributed by atoms with Gasteiger partial charge in [0.15, 0.2) is 0 Å². The van der Waals surface area contributed by atoms with E-state index in [2.05, 4.69) is 5.32 Å². The minimum Gasteiger partial charge on any atom is -0.457 e. The number of carbonyl (C=O) groups is 2. The fraction of sp³-hybridized carbons (Fsp3) is 0.364. The number of hydrogen-bond acceptors (Lipinski definition) is 3. The van der Waals surface area contributed by atoms with Crippen molar-refractivity contribution in [2.45, 2.75) is 50.6 Å². The van der Waals surface area contributed by atoms with Gasteiger partial charge in [-0.05, 0) is 55.7 Å². The Kier molecular flexibility index (Phi) is 5.10. The minimum absolute atomic E-state index is 0.00157. The summed E-state index contributed by atoms with van der Waals surface area (Å²) in [5.41, 5.74) is 0.740. The summed E-state index contributed by atoms with van der Waals surface area (Å²) in [4.78, 5) is 26.8. The Bertz CT molecular complexity index is 798. The average molecular weight is 364 g/mol. The summed E-state index contributed by atoms with van der Waals surface area (Å²) in [7, 11) is 0. The maximum absolute atomic E-state index is 12.7. The van der Waals surface area contributed by atoms with Crippen molar-refractivity contribution in [3.8, 4) is 11.5 Å². The van der Waals surface area contributed by atoms with Crippen LogP contribution >= 0.6 is 0 Å². The molecule has 140 valence electrons. The first-order valence-corrected chi connectivity index (χ1v) is 9.66. The molecule has 27 heavy (non-hydrogen) atoms. The lowest BCUT2D eigenvalue weighted by atomic mass is 10.1. The van der Waals surface area contributed by atoms with E-state index >= 15 is 0 Å². The molecule has 1 aliphatic carbocycles. The number of para-hydroxylation sites is 1. The molecule has 0 radical (unpaired) electrons. The van der Waals surface area contributed by atoms with Gasteiger partial charge in [-0.15, -0.1) is 0 Å². The van der Waals surface area contributed by atoms with Gasteiger partial charge in [0.2, 0.25) is 11.8 Å². The molecule has 1 saturated carbocycles. The van der Waals surface area contributed by atoms with Crippen molar-refractivity contribution >= 4 is 17.5 Å². The largest absolute Gasteiger partial charge is 0.457 e. The first kappa shape index (κ1) is 17.6. The first-order valence-electron chi connectivity index (χ1n) is 9.66. The second kappa shape index (κ2) is 7.82. The Morgan fingerprint density at radius 1 is 0.926 bits per heavy atom. The highest BCUT2D eigenvalue weighted by Gasteiger charge is 2.37. The number of benzene rings is 2. The predicted molar refractivity (Wildman–Crippen MR) is 104 cm³/mol. The van der Waals surface area contributed by atoms with E-state index in [4.69, 9.17) is 4.74 Å². The average Bonchev–Trinajstić information content (AvgIpc) is 3.33. The fourth-order valence-corrected chi connectivity index (χ4v) is 3.92. The van der Waals surface area contributed by atoms with Gasteiger partial charge in [0, 0.05) is 18.2 Å². The molecule has 1 heterocycles. The van der Waals surface area contributed by atoms with Crippen molar-refractivity contribution in [1.82, 2.24) is 5.32 Å². The number of anilines is 1. The van der Waals surface area contributed by atoms with Crippen LogP contribution in [0.3, 0.4) is 0 Å². The molecule has 2 fully saturated rings. The highest BCUT2D eigenvalue weighted by atomic mass is 16.5. The summed E-state index contributed by atoms with van der Waals surface area (Å²) in [6, 6.07) is 16.7. The number of nitrogens with zero attached hydrogens (tertiary/aromatic N) is 1. The molecule has 5 nitrogen and oxygen atoms in total. The van der Waals surface area contributed by atoms with Gasteiger partial charge in [-0.3, -0.25) is 14.5 Å². The van der Waals surface area contributed by atoms with Crippen molar-refractivity contribution in [3.05, 3.63) is 54.6 Å². The van der Waals surface area contributed by atoms with Crippen LogP contribution in [0.1, 0.15) is 38.5 Å². The second-order valence-corrected chi connectivity index (χ2v) is 7.22. The number of nitrogens with one attached hydrogen (secondary N) is 1. The van der Waals surface area contributed by atoms with E-state index in [-0.39, 0.29) is 17.9 Å². The van der Waals surface area contributed by atoms with E-state index in [1.165, 1.54) is 12.8 Å². The fourth-order valence-electron chi connectivity index (χ4n) is 3.92. The molecule has 1 saturated heterocycles. The number of amides is 2. The minimum atomic E-state index is -0.418. The number of hydrogen-bond donors (Lipinski definition) is 1. The van der Waals surface area contributed by atoms with E-state index in [9.17, 15) is 9.59 Å². The van der Waals surface area contributed by atoms with Gasteiger partial charge in [0.05, 0.1) is 0 Å². The van der Waals surface area contributed by atoms with Crippen LogP contribution < -0.4 is 15.0 Å². The maximum atomic E-state index is 12.7. The lowest BCUT2D eigenvalue weighted by Crippen LogP contribution is -2.47. The van der Waals surface area contributed by atoms with Crippen LogP contribution in [-0.2, 0) is 9.59 Å². The SMILES string of the molecule is O=C(NC1CCCC1)C1CCC(=O)N1c1ccc(Oc2ccccc2)cc1. The third-order valence-corrected chi connectivity index (χ3v) is 5.31. The van der Waals surface area contributed by atoms with Gasteiger partial charge in [0.1, 0.15) is 17.5 Å². The monoisotopic (exact) mass is 364 g/mol. The molecular formula is C22H24N2O3. The zero-order chi connectivity index (χ0) is 18.6. The summed E-state index contributed by atoms with van der Waals surface area (Å²) < 4.78 is 5.80. The number of carbonyl (C=O) groups excluding carboxylic acids is 2. The molecule has 0 spiro atoms. The van der Waals surface area contributed by atoms with Crippen molar-refractivity contribution in [2.75, 3.05) is 4.90 Å². The van der Waals surface area contributed by atoms with Crippen LogP contribution in [0, 0.1) is 0 Å². The van der Waals surface area contributed by atoms with Gasteiger partial charge < -0.3 is 10.1 Å². The normalized spacial score (nSPS) is 20.1. The summed E-state index contributed by atoms with van der Waals surface area (Å²) in [6.07, 6.45) is 5.39. The van der Waals surface area contributed by atoms with Crippen LogP contribution in [-0.4, -0.2) is 23.9 Å². The molecule has 1 aliphatic heterocycles. The molecule has 2 aliphatic rings. The molecule has 1 N–H and O–H groups in total. The van der Waals surface area contributed by atoms with Crippen LogP contribution in [0.4, 0.5) is 5.69 Å². The predicted octanol–water partition coefficient (Wildman–Crippen LogP) is 4.03. The topological polar surface area (TPSA) is 58.6 Å². The summed E-state index contributed by atoms with van der Waals surface area (Å²) >= 11 is 0. The second-order valence-electron chi connectivity index (χ2n) is 7.22. The Hall–Kier alpha value is -2.82. The molecule has 5 heteroatoms. The lowest BCUT2D eigenvalue weighted by molar-refractivity contribution is -0.124. The first-order chi connectivity index (χ1) is 13.2. The van der Waals surface area contributed by atoms with E-state index < -0.39 is 6.04 Å². The van der Waals surface area contributed by atoms with Crippen molar-refractivity contribution in [2.24, 2.45) is 0 Å². The molecule has 2 aromatic rings. The Balaban J connectivity index is 1.46. The van der Waals surface area contributed by atoms with E-state index in [1.807, 2.05) is 54.6 Å². The Morgan fingerprint density at radius 2 is 1.59 bits per heavy atom. The van der Waals surface area contributed by atoms with Gasteiger partial charge in [-0.1, -0.05) is 31.0 Å². The van der Waals surface area contributed by atoms with Gasteiger partial charge in [0.25, 0.3) is 0 Å². The third kappa shape index (κ3) is 3.97. The van der Waals surface area contributed by atoms with Crippen LogP contribution in [0.15, 0.2) is 54.6 Å². The highest BCUT2D eigenvalue weighted by molar-refractivity contribution is 6.03. The van der Waals surface area contributed by atoms with Crippen LogP contribution in [0.25, 0.3) is 0 Å². The van der Waals surface area contributed by atoms with E-state index in [0.29, 0.717) is 18.6 Å². The zero-order valence-electron chi connectivity index (χ0n) is 15.3. The number of rotatable bonds is 5. The smallest absolute Gasteiger partial charge is 0.243 e. The summed E-state index contributed by atoms with van der Waals surface area (Å²) in [6.45, 7) is 0. The van der Waals surface area contributed by atoms with Crippen LogP contribution in [0.2, 0.25) is 0 Å². The lowest BCUT2D eigenvalue weighted by Gasteiger charge is -2.25. The van der Waals surface area contributed by atoms with Gasteiger partial charge in [-0.25, -0.2) is 0 Å². The standard InChI is InChI=1S/C22H24N2O3/c25-21-15-14-20(22(26)23-16-6-4-5-7-16)24(21)17-10-12-19(13-11-17)27-18-8-2-1-3-9-18/h1-3,8-13,16,20H,4-7,14-15H2,(H,23,26). The molecule has 1 atom stereocenters. The maximum Gasteiger partial charge on any atom is 0.243 e. The summed E-state index contributed by atoms with van der Waals surface area (Å²) in [5.74, 6) is 1.43. The van der Waals surface area contributed by atoms with Crippen molar-refractivity contribution < 1.29 is 14.3 Å². The quantitative estimate of drug-likeness (QED) is 0.871. The highest BCUT2D eigenvalue weighted by Crippen LogP contribution is 2.30. The number of ether oxygens (including phenoxy) is 1. The molecule has 4 rings (SSSR count). The van der Waals surface area contributed by atoms with E-state index in [1.54, 1.807) is 4.90 Å². The van der Waals surface area contributed by atoms with Gasteiger partial charge >= 0.3 is 0 Å². The molecule has 2 amide bonds. The van der Waals surface area contributed by atoms with E-state index in [0.717, 1.165) is 24.3 Å². The molecular weight excluding hydrogens is 340 g/mol. The van der Waals surface area contributed by atoms with Crippen molar-refractivity contribution in [1.29, 1.82) is 0 Å². The van der Waals surface area contributed by atoms with Crippen LogP contribution in [0.5, 0.6) is 11.5 Å². The Labute approximate surface area is 159 Å². The molecule has 2 aromatic carbocycles. The molecule has 1 unspecified atom stereocenters. The molecule has 0 aromatic heterocycles. The van der Waals surface area contributed by atoms with Crippen molar-refractivity contribution in [3.63, 3.8) is 0 Å². The molecule has 0 bridgehead atoms. The zero-order valence-corrected chi connectivity index (χ0v) is 15.3.